The Labute approximate surface area is 150 Å². The number of fused-ring (bicyclic) bond motifs is 1. The molecule has 4 heteroatoms. The van der Waals surface area contributed by atoms with Crippen molar-refractivity contribution >= 4 is 0 Å². The topological polar surface area (TPSA) is 0 Å². The summed E-state index contributed by atoms with van der Waals surface area (Å²) in [5, 5.41) is 0. The number of allylic oxidation sites excluding steroid dienone is 1. The lowest BCUT2D eigenvalue weighted by molar-refractivity contribution is 0.421. The Hall–Kier alpha value is -2.54. The van der Waals surface area contributed by atoms with Crippen LogP contribution in [-0.2, 0) is 12.8 Å². The molecule has 0 nitrogen and oxygen atoms in total. The first kappa shape index (κ1) is 18.3. The molecule has 3 rings (SSSR count). The lowest BCUT2D eigenvalue weighted by Gasteiger charge is -2.25. The molecule has 0 fully saturated rings. The minimum absolute atomic E-state index is 0.0389. The molecular weight excluding hydrogens is 340 g/mol. The summed E-state index contributed by atoms with van der Waals surface area (Å²) in [6, 6.07) is 5.06. The van der Waals surface area contributed by atoms with Crippen molar-refractivity contribution in [2.45, 2.75) is 32.1 Å². The average molecular weight is 358 g/mol. The zero-order valence-corrected chi connectivity index (χ0v) is 14.2. The van der Waals surface area contributed by atoms with Crippen LogP contribution in [0, 0.1) is 41.0 Å². The first-order chi connectivity index (χ1) is 12.5. The first-order valence-corrected chi connectivity index (χ1v) is 8.57. The molecule has 1 atom stereocenters. The van der Waals surface area contributed by atoms with E-state index in [1.54, 1.807) is 6.07 Å². The summed E-state index contributed by atoms with van der Waals surface area (Å²) in [5.41, 5.74) is 1.80. The normalized spacial score (nSPS) is 15.8. The van der Waals surface area contributed by atoms with E-state index in [9.17, 15) is 17.6 Å². The van der Waals surface area contributed by atoms with E-state index in [0.29, 0.717) is 17.9 Å². The molecule has 0 saturated heterocycles. The number of hydrogen-bond donors (Lipinski definition) is 0. The number of benzene rings is 2. The summed E-state index contributed by atoms with van der Waals surface area (Å²) in [5.74, 6) is 1.10. The van der Waals surface area contributed by atoms with E-state index in [1.807, 2.05) is 12.1 Å². The maximum atomic E-state index is 14.7. The van der Waals surface area contributed by atoms with Crippen LogP contribution in [0.1, 0.15) is 41.5 Å². The molecule has 1 aliphatic rings. The van der Waals surface area contributed by atoms with Crippen molar-refractivity contribution in [1.82, 2.24) is 0 Å². The van der Waals surface area contributed by atoms with Gasteiger partial charge in [-0.2, -0.15) is 0 Å². The Morgan fingerprint density at radius 2 is 1.77 bits per heavy atom. The second-order valence-electron chi connectivity index (χ2n) is 6.54. The molecule has 0 aromatic heterocycles. The van der Waals surface area contributed by atoms with Crippen LogP contribution in [0.4, 0.5) is 17.6 Å². The van der Waals surface area contributed by atoms with Gasteiger partial charge in [0.1, 0.15) is 5.82 Å². The van der Waals surface area contributed by atoms with Crippen LogP contribution in [-0.4, -0.2) is 0 Å². The highest BCUT2D eigenvalue weighted by Crippen LogP contribution is 2.31. The van der Waals surface area contributed by atoms with Crippen molar-refractivity contribution in [2.24, 2.45) is 5.92 Å². The molecule has 2 aromatic rings. The van der Waals surface area contributed by atoms with Crippen LogP contribution in [0.3, 0.4) is 0 Å². The Morgan fingerprint density at radius 3 is 2.46 bits per heavy atom. The molecule has 1 unspecified atom stereocenters. The smallest absolute Gasteiger partial charge is 0.194 e. The van der Waals surface area contributed by atoms with Gasteiger partial charge in [-0.05, 0) is 67.3 Å². The zero-order valence-electron chi connectivity index (χ0n) is 14.2. The molecule has 0 aliphatic heterocycles. The minimum Gasteiger partial charge on any atom is -0.205 e. The van der Waals surface area contributed by atoms with E-state index in [-0.39, 0.29) is 16.9 Å². The van der Waals surface area contributed by atoms with Crippen LogP contribution >= 0.6 is 0 Å². The summed E-state index contributed by atoms with van der Waals surface area (Å²) in [6.07, 6.45) is 6.31. The van der Waals surface area contributed by atoms with Gasteiger partial charge in [0.2, 0.25) is 0 Å². The molecule has 0 amide bonds. The lowest BCUT2D eigenvalue weighted by atomic mass is 9.81. The summed E-state index contributed by atoms with van der Waals surface area (Å²) in [7, 11) is 0. The molecule has 0 N–H and O–H groups in total. The fourth-order valence-corrected chi connectivity index (χ4v) is 3.35. The van der Waals surface area contributed by atoms with Crippen LogP contribution in [0.2, 0.25) is 0 Å². The van der Waals surface area contributed by atoms with E-state index in [2.05, 4.69) is 18.4 Å². The van der Waals surface area contributed by atoms with Gasteiger partial charge in [0.25, 0.3) is 0 Å². The third-order valence-electron chi connectivity index (χ3n) is 4.76. The zero-order chi connectivity index (χ0) is 18.7. The van der Waals surface area contributed by atoms with Crippen molar-refractivity contribution in [3.05, 3.63) is 82.4 Å². The average Bonchev–Trinajstić information content (AvgIpc) is 2.63. The largest absolute Gasteiger partial charge is 0.205 e. The van der Waals surface area contributed by atoms with Gasteiger partial charge < -0.3 is 0 Å². The molecule has 2 aromatic carbocycles. The van der Waals surface area contributed by atoms with Gasteiger partial charge in [0.15, 0.2) is 17.5 Å². The SMILES string of the molecule is C=CCCC1CCc2c(ccc(C#Cc3cc(F)c(F)c(F)c3)c2F)C1. The second kappa shape index (κ2) is 7.78. The molecule has 134 valence electrons. The highest BCUT2D eigenvalue weighted by atomic mass is 19.2. The van der Waals surface area contributed by atoms with E-state index < -0.39 is 17.5 Å². The Bertz CT molecular complexity index is 879. The van der Waals surface area contributed by atoms with Crippen LogP contribution in [0.15, 0.2) is 36.9 Å². The molecule has 1 aliphatic carbocycles. The fraction of sp³-hybridized carbons (Fsp3) is 0.273. The monoisotopic (exact) mass is 358 g/mol. The predicted molar refractivity (Wildman–Crippen MR) is 93.6 cm³/mol. The summed E-state index contributed by atoms with van der Waals surface area (Å²) in [6.45, 7) is 3.73. The number of halogens is 4. The van der Waals surface area contributed by atoms with Crippen molar-refractivity contribution < 1.29 is 17.6 Å². The van der Waals surface area contributed by atoms with Gasteiger partial charge in [-0.25, -0.2) is 17.6 Å². The molecule has 0 bridgehead atoms. The maximum absolute atomic E-state index is 14.7. The van der Waals surface area contributed by atoms with Crippen molar-refractivity contribution in [1.29, 1.82) is 0 Å². The van der Waals surface area contributed by atoms with Gasteiger partial charge in [-0.1, -0.05) is 24.0 Å². The fourth-order valence-electron chi connectivity index (χ4n) is 3.35. The van der Waals surface area contributed by atoms with E-state index in [0.717, 1.165) is 43.4 Å². The standard InChI is InChI=1S/C22H18F4/c1-2-3-4-14-6-10-18-17(11-14)9-8-16(21(18)25)7-5-15-12-19(23)22(26)20(24)13-15/h2,8-9,12-14H,1,3-4,6,10-11H2. The Kier molecular flexibility index (Phi) is 5.46. The third kappa shape index (κ3) is 3.83. The molecule has 0 heterocycles. The van der Waals surface area contributed by atoms with Gasteiger partial charge in [0.05, 0.1) is 5.56 Å². The minimum atomic E-state index is -1.54. The number of hydrogen-bond acceptors (Lipinski definition) is 0. The molecule has 26 heavy (non-hydrogen) atoms. The summed E-state index contributed by atoms with van der Waals surface area (Å²) < 4.78 is 54.2. The molecule has 0 saturated carbocycles. The number of rotatable bonds is 3. The summed E-state index contributed by atoms with van der Waals surface area (Å²) >= 11 is 0. The second-order valence-corrected chi connectivity index (χ2v) is 6.54. The van der Waals surface area contributed by atoms with E-state index >= 15 is 0 Å². The van der Waals surface area contributed by atoms with Crippen molar-refractivity contribution in [3.63, 3.8) is 0 Å². The summed E-state index contributed by atoms with van der Waals surface area (Å²) in [4.78, 5) is 0. The maximum Gasteiger partial charge on any atom is 0.194 e. The van der Waals surface area contributed by atoms with Gasteiger partial charge in [-0.15, -0.1) is 6.58 Å². The van der Waals surface area contributed by atoms with Gasteiger partial charge in [-0.3, -0.25) is 0 Å². The van der Waals surface area contributed by atoms with Crippen LogP contribution in [0.25, 0.3) is 0 Å². The predicted octanol–water partition coefficient (Wildman–Crippen LogP) is 5.71. The third-order valence-corrected chi connectivity index (χ3v) is 4.76. The van der Waals surface area contributed by atoms with Crippen LogP contribution < -0.4 is 0 Å². The highest BCUT2D eigenvalue weighted by molar-refractivity contribution is 5.47. The molecule has 0 radical (unpaired) electrons. The lowest BCUT2D eigenvalue weighted by Crippen LogP contribution is -2.16. The molecule has 0 spiro atoms. The molecular formula is C22H18F4. The quantitative estimate of drug-likeness (QED) is 0.285. The van der Waals surface area contributed by atoms with Crippen molar-refractivity contribution in [2.75, 3.05) is 0 Å². The van der Waals surface area contributed by atoms with Gasteiger partial charge in [0, 0.05) is 5.56 Å². The van der Waals surface area contributed by atoms with E-state index in [1.165, 1.54) is 0 Å². The Morgan fingerprint density at radius 1 is 1.04 bits per heavy atom. The Balaban J connectivity index is 1.85. The highest BCUT2D eigenvalue weighted by Gasteiger charge is 2.22. The van der Waals surface area contributed by atoms with Gasteiger partial charge >= 0.3 is 0 Å². The van der Waals surface area contributed by atoms with E-state index in [4.69, 9.17) is 0 Å². The first-order valence-electron chi connectivity index (χ1n) is 8.57. The van der Waals surface area contributed by atoms with Crippen LogP contribution in [0.5, 0.6) is 0 Å². The van der Waals surface area contributed by atoms with Crippen molar-refractivity contribution in [3.8, 4) is 11.8 Å².